The fourth-order valence-corrected chi connectivity index (χ4v) is 3.81. The van der Waals surface area contributed by atoms with Crippen molar-refractivity contribution in [2.24, 2.45) is 0 Å². The summed E-state index contributed by atoms with van der Waals surface area (Å²) in [5.74, 6) is -0.792. The smallest absolute Gasteiger partial charge is 0.411 e. The third-order valence-electron chi connectivity index (χ3n) is 5.81. The van der Waals surface area contributed by atoms with Gasteiger partial charge in [0.2, 0.25) is 5.95 Å². The number of rotatable bonds is 5. The van der Waals surface area contributed by atoms with E-state index in [1.807, 2.05) is 0 Å². The number of amides is 1. The second-order valence-corrected chi connectivity index (χ2v) is 8.13. The monoisotopic (exact) mass is 490 g/mol. The first-order chi connectivity index (χ1) is 16.6. The van der Waals surface area contributed by atoms with Gasteiger partial charge >= 0.3 is 6.18 Å². The Morgan fingerprint density at radius 1 is 1.17 bits per heavy atom. The van der Waals surface area contributed by atoms with E-state index in [0.717, 1.165) is 16.9 Å². The van der Waals surface area contributed by atoms with Gasteiger partial charge in [-0.3, -0.25) is 9.59 Å². The molecule has 0 saturated carbocycles. The van der Waals surface area contributed by atoms with Crippen LogP contribution in [0.25, 0.3) is 0 Å². The molecule has 0 fully saturated rings. The fraction of sp³-hybridized carbons (Fsp3) is 0.292. The second-order valence-electron chi connectivity index (χ2n) is 8.13. The number of carbonyl (C=O) groups is 1. The Morgan fingerprint density at radius 3 is 2.51 bits per heavy atom. The highest BCUT2D eigenvalue weighted by Crippen LogP contribution is 2.29. The predicted molar refractivity (Wildman–Crippen MR) is 119 cm³/mol. The minimum Gasteiger partial charge on any atom is -0.411 e. The van der Waals surface area contributed by atoms with Gasteiger partial charge in [0.15, 0.2) is 0 Å². The van der Waals surface area contributed by atoms with Crippen molar-refractivity contribution in [2.75, 3.05) is 19.0 Å². The third kappa shape index (κ3) is 4.98. The summed E-state index contributed by atoms with van der Waals surface area (Å²) < 4.78 is 53.1. The SMILES string of the molecule is COn1c(NCc2ccc(C(F)(F)F)cc2)nc2c(c1=O)CN(C(=O)c1ccc(C)c(F)c1)CC2. The molecule has 2 heterocycles. The number of benzene rings is 2. The Balaban J connectivity index is 1.53. The number of carbonyl (C=O) groups excluding carboxylic acids is 1. The summed E-state index contributed by atoms with van der Waals surface area (Å²) in [4.78, 5) is 37.0. The highest BCUT2D eigenvalue weighted by molar-refractivity contribution is 5.94. The van der Waals surface area contributed by atoms with Crippen LogP contribution in [0.1, 0.15) is 38.3 Å². The average Bonchev–Trinajstić information content (AvgIpc) is 2.83. The lowest BCUT2D eigenvalue weighted by molar-refractivity contribution is -0.137. The van der Waals surface area contributed by atoms with Crippen LogP contribution in [0, 0.1) is 12.7 Å². The first-order valence-electron chi connectivity index (χ1n) is 10.7. The van der Waals surface area contributed by atoms with Crippen molar-refractivity contribution in [3.63, 3.8) is 0 Å². The van der Waals surface area contributed by atoms with Gasteiger partial charge in [-0.15, -0.1) is 4.73 Å². The number of halogens is 4. The number of fused-ring (bicyclic) bond motifs is 1. The zero-order valence-electron chi connectivity index (χ0n) is 18.9. The number of aryl methyl sites for hydroxylation is 1. The Hall–Kier alpha value is -3.89. The van der Waals surface area contributed by atoms with Crippen LogP contribution in [-0.2, 0) is 25.7 Å². The maximum Gasteiger partial charge on any atom is 0.416 e. The molecule has 1 amide bonds. The zero-order valence-corrected chi connectivity index (χ0v) is 18.9. The second kappa shape index (κ2) is 9.40. The molecule has 1 aliphatic rings. The van der Waals surface area contributed by atoms with E-state index >= 15 is 0 Å². The Morgan fingerprint density at radius 2 is 1.89 bits per heavy atom. The lowest BCUT2D eigenvalue weighted by Crippen LogP contribution is -2.42. The average molecular weight is 490 g/mol. The summed E-state index contributed by atoms with van der Waals surface area (Å²) in [6.45, 7) is 1.97. The molecule has 1 aliphatic heterocycles. The number of hydrogen-bond donors (Lipinski definition) is 1. The largest absolute Gasteiger partial charge is 0.416 e. The molecule has 0 radical (unpaired) electrons. The molecule has 11 heteroatoms. The minimum atomic E-state index is -4.43. The van der Waals surface area contributed by atoms with Gasteiger partial charge in [-0.1, -0.05) is 18.2 Å². The van der Waals surface area contributed by atoms with Crippen LogP contribution in [-0.4, -0.2) is 34.2 Å². The molecule has 4 rings (SSSR count). The molecule has 0 aliphatic carbocycles. The van der Waals surface area contributed by atoms with Crippen molar-refractivity contribution < 1.29 is 27.2 Å². The normalized spacial score (nSPS) is 13.4. The molecule has 0 saturated heterocycles. The van der Waals surface area contributed by atoms with Crippen LogP contribution in [0.2, 0.25) is 0 Å². The highest BCUT2D eigenvalue weighted by Gasteiger charge is 2.30. The first-order valence-corrected chi connectivity index (χ1v) is 10.7. The molecule has 3 aromatic rings. The molecule has 35 heavy (non-hydrogen) atoms. The standard InChI is InChI=1S/C24H22F4N4O3/c1-14-3-6-16(11-19(14)25)21(33)31-10-9-20-18(13-31)22(34)32(35-2)23(30-20)29-12-15-4-7-17(8-5-15)24(26,27)28/h3-8,11H,9-10,12-13H2,1-2H3,(H,29,30). The maximum absolute atomic E-state index is 13.9. The summed E-state index contributed by atoms with van der Waals surface area (Å²) in [7, 11) is 1.28. The van der Waals surface area contributed by atoms with Crippen LogP contribution < -0.4 is 15.7 Å². The van der Waals surface area contributed by atoms with E-state index in [2.05, 4.69) is 10.3 Å². The molecule has 1 N–H and O–H groups in total. The van der Waals surface area contributed by atoms with Crippen LogP contribution >= 0.6 is 0 Å². The molecule has 0 atom stereocenters. The van der Waals surface area contributed by atoms with Crippen LogP contribution in [0.15, 0.2) is 47.3 Å². The topological polar surface area (TPSA) is 76.5 Å². The molecule has 1 aromatic heterocycles. The number of anilines is 1. The summed E-state index contributed by atoms with van der Waals surface area (Å²) in [5.41, 5.74) is 0.654. The van der Waals surface area contributed by atoms with Gasteiger partial charge in [0.05, 0.1) is 23.4 Å². The van der Waals surface area contributed by atoms with Crippen molar-refractivity contribution in [3.8, 4) is 0 Å². The highest BCUT2D eigenvalue weighted by atomic mass is 19.4. The number of nitrogens with zero attached hydrogens (tertiary/aromatic N) is 3. The van der Waals surface area contributed by atoms with Crippen molar-refractivity contribution >= 4 is 11.9 Å². The molecule has 0 unspecified atom stereocenters. The van der Waals surface area contributed by atoms with E-state index < -0.39 is 29.0 Å². The lowest BCUT2D eigenvalue weighted by atomic mass is 10.0. The van der Waals surface area contributed by atoms with Gasteiger partial charge in [0, 0.05) is 25.1 Å². The zero-order chi connectivity index (χ0) is 25.3. The van der Waals surface area contributed by atoms with Crippen LogP contribution in [0.4, 0.5) is 23.5 Å². The number of aromatic nitrogens is 2. The van der Waals surface area contributed by atoms with E-state index in [9.17, 15) is 27.2 Å². The Bertz CT molecular complexity index is 1320. The molecule has 0 bridgehead atoms. The van der Waals surface area contributed by atoms with Gasteiger partial charge in [-0.25, -0.2) is 9.37 Å². The van der Waals surface area contributed by atoms with Gasteiger partial charge in [0.25, 0.3) is 11.5 Å². The first kappa shape index (κ1) is 24.2. The Labute approximate surface area is 197 Å². The quantitative estimate of drug-likeness (QED) is 0.554. The van der Waals surface area contributed by atoms with Gasteiger partial charge in [-0.05, 0) is 42.3 Å². The Kier molecular flexibility index (Phi) is 6.51. The number of nitrogens with one attached hydrogen (secondary N) is 1. The summed E-state index contributed by atoms with van der Waals surface area (Å²) in [6, 6.07) is 8.86. The predicted octanol–water partition coefficient (Wildman–Crippen LogP) is 3.58. The fourth-order valence-electron chi connectivity index (χ4n) is 3.81. The van der Waals surface area contributed by atoms with E-state index in [0.29, 0.717) is 23.2 Å². The molecular formula is C24H22F4N4O3. The summed E-state index contributed by atoms with van der Waals surface area (Å²) in [6.07, 6.45) is -4.13. The molecule has 184 valence electrons. The molecule has 0 spiro atoms. The van der Waals surface area contributed by atoms with Crippen molar-refractivity contribution in [1.29, 1.82) is 0 Å². The van der Waals surface area contributed by atoms with Gasteiger partial charge < -0.3 is 15.1 Å². The van der Waals surface area contributed by atoms with E-state index in [4.69, 9.17) is 4.84 Å². The number of hydrogen-bond acceptors (Lipinski definition) is 5. The molecular weight excluding hydrogens is 468 g/mol. The molecule has 2 aromatic carbocycles. The lowest BCUT2D eigenvalue weighted by Gasteiger charge is -2.29. The maximum atomic E-state index is 13.9. The summed E-state index contributed by atoms with van der Waals surface area (Å²) >= 11 is 0. The molecule has 7 nitrogen and oxygen atoms in total. The van der Waals surface area contributed by atoms with E-state index in [-0.39, 0.29) is 36.7 Å². The third-order valence-corrected chi connectivity index (χ3v) is 5.81. The van der Waals surface area contributed by atoms with Crippen LogP contribution in [0.3, 0.4) is 0 Å². The van der Waals surface area contributed by atoms with E-state index in [1.165, 1.54) is 42.3 Å². The summed E-state index contributed by atoms with van der Waals surface area (Å²) in [5, 5.41) is 2.92. The van der Waals surface area contributed by atoms with Crippen molar-refractivity contribution in [2.45, 2.75) is 32.6 Å². The van der Waals surface area contributed by atoms with Crippen LogP contribution in [0.5, 0.6) is 0 Å². The van der Waals surface area contributed by atoms with Crippen molar-refractivity contribution in [3.05, 3.63) is 92.1 Å². The minimum absolute atomic E-state index is 0.0158. The van der Waals surface area contributed by atoms with Gasteiger partial charge in [-0.2, -0.15) is 13.2 Å². The van der Waals surface area contributed by atoms with Gasteiger partial charge in [0.1, 0.15) is 12.9 Å². The van der Waals surface area contributed by atoms with E-state index in [1.54, 1.807) is 6.92 Å². The number of alkyl halides is 3. The van der Waals surface area contributed by atoms with Crippen molar-refractivity contribution in [1.82, 2.24) is 14.6 Å².